The SMILES string of the molecule is [CH2]CCCCCCCCN=C=O. The van der Waals surface area contributed by atoms with E-state index in [1.54, 1.807) is 6.08 Å². The van der Waals surface area contributed by atoms with E-state index in [0.29, 0.717) is 6.54 Å². The molecule has 0 atom stereocenters. The minimum absolute atomic E-state index is 0.652. The van der Waals surface area contributed by atoms with Crippen molar-refractivity contribution in [1.29, 1.82) is 0 Å². The molecule has 0 heterocycles. The predicted octanol–water partition coefficient (Wildman–Crippen LogP) is 2.89. The highest BCUT2D eigenvalue weighted by atomic mass is 16.1. The van der Waals surface area contributed by atoms with Crippen molar-refractivity contribution >= 4 is 6.08 Å². The number of unbranched alkanes of at least 4 members (excludes halogenated alkanes) is 6. The number of rotatable bonds is 8. The molecule has 2 heteroatoms. The Labute approximate surface area is 75.1 Å². The van der Waals surface area contributed by atoms with Crippen LogP contribution in [0.15, 0.2) is 4.99 Å². The van der Waals surface area contributed by atoms with Gasteiger partial charge in [-0.15, -0.1) is 0 Å². The van der Waals surface area contributed by atoms with Crippen LogP contribution in [0, 0.1) is 6.92 Å². The summed E-state index contributed by atoms with van der Waals surface area (Å²) >= 11 is 0. The molecule has 0 saturated carbocycles. The van der Waals surface area contributed by atoms with Crippen LogP contribution in [0.25, 0.3) is 0 Å². The summed E-state index contributed by atoms with van der Waals surface area (Å²) in [5, 5.41) is 0. The second-order valence-electron chi connectivity index (χ2n) is 2.95. The number of nitrogens with zero attached hydrogens (tertiary/aromatic N) is 1. The molecular formula is C10H18NO. The lowest BCUT2D eigenvalue weighted by atomic mass is 10.1. The van der Waals surface area contributed by atoms with Gasteiger partial charge in [-0.1, -0.05) is 45.4 Å². The first-order chi connectivity index (χ1) is 5.91. The lowest BCUT2D eigenvalue weighted by molar-refractivity contribution is 0.559. The molecule has 0 aromatic heterocycles. The van der Waals surface area contributed by atoms with Gasteiger partial charge >= 0.3 is 0 Å². The van der Waals surface area contributed by atoms with Gasteiger partial charge in [-0.05, 0) is 6.42 Å². The molecule has 0 spiro atoms. The summed E-state index contributed by atoms with van der Waals surface area (Å²) in [6, 6.07) is 0. The third kappa shape index (κ3) is 9.38. The van der Waals surface area contributed by atoms with Gasteiger partial charge in [-0.25, -0.2) is 9.79 Å². The molecule has 0 unspecified atom stereocenters. The van der Waals surface area contributed by atoms with Crippen molar-refractivity contribution in [1.82, 2.24) is 0 Å². The van der Waals surface area contributed by atoms with Gasteiger partial charge in [-0.2, -0.15) is 0 Å². The van der Waals surface area contributed by atoms with E-state index in [-0.39, 0.29) is 0 Å². The van der Waals surface area contributed by atoms with E-state index in [4.69, 9.17) is 0 Å². The zero-order valence-corrected chi connectivity index (χ0v) is 7.72. The molecule has 0 aliphatic rings. The smallest absolute Gasteiger partial charge is 0.211 e. The van der Waals surface area contributed by atoms with Gasteiger partial charge < -0.3 is 0 Å². The van der Waals surface area contributed by atoms with Gasteiger partial charge in [0, 0.05) is 0 Å². The molecule has 0 aromatic carbocycles. The Bertz CT molecular complexity index is 128. The minimum atomic E-state index is 0.652. The van der Waals surface area contributed by atoms with Crippen molar-refractivity contribution in [3.05, 3.63) is 6.92 Å². The molecule has 0 amide bonds. The molecule has 0 aliphatic carbocycles. The number of hydrogen-bond donors (Lipinski definition) is 0. The number of aliphatic imine (C=N–C) groups is 1. The zero-order valence-electron chi connectivity index (χ0n) is 7.72. The Morgan fingerprint density at radius 2 is 1.58 bits per heavy atom. The van der Waals surface area contributed by atoms with Crippen LogP contribution in [0.2, 0.25) is 0 Å². The lowest BCUT2D eigenvalue weighted by Crippen LogP contribution is -1.82. The molecule has 0 fully saturated rings. The predicted molar refractivity (Wildman–Crippen MR) is 50.7 cm³/mol. The molecule has 2 nitrogen and oxygen atoms in total. The van der Waals surface area contributed by atoms with Gasteiger partial charge in [0.25, 0.3) is 0 Å². The van der Waals surface area contributed by atoms with Gasteiger partial charge in [0.05, 0.1) is 6.54 Å². The average molecular weight is 168 g/mol. The topological polar surface area (TPSA) is 29.4 Å². The second-order valence-corrected chi connectivity index (χ2v) is 2.95. The molecule has 0 bridgehead atoms. The average Bonchev–Trinajstić information content (AvgIpc) is 2.10. The summed E-state index contributed by atoms with van der Waals surface area (Å²) < 4.78 is 0. The van der Waals surface area contributed by atoms with Gasteiger partial charge in [0.15, 0.2) is 0 Å². The van der Waals surface area contributed by atoms with E-state index in [9.17, 15) is 4.79 Å². The number of carbonyl (C=O) groups excluding carboxylic acids is 1. The number of hydrogen-bond acceptors (Lipinski definition) is 2. The summed E-state index contributed by atoms with van der Waals surface area (Å²) in [6.45, 7) is 4.44. The Balaban J connectivity index is 2.86. The van der Waals surface area contributed by atoms with E-state index >= 15 is 0 Å². The maximum absolute atomic E-state index is 9.68. The fraction of sp³-hybridized carbons (Fsp3) is 0.800. The fourth-order valence-electron chi connectivity index (χ4n) is 1.12. The Kier molecular flexibility index (Phi) is 9.84. The van der Waals surface area contributed by atoms with Crippen LogP contribution >= 0.6 is 0 Å². The van der Waals surface area contributed by atoms with Gasteiger partial charge in [0.2, 0.25) is 6.08 Å². The van der Waals surface area contributed by atoms with Crippen molar-refractivity contribution in [2.75, 3.05) is 6.54 Å². The first-order valence-electron chi connectivity index (χ1n) is 4.74. The summed E-state index contributed by atoms with van der Waals surface area (Å²) in [4.78, 5) is 13.2. The summed E-state index contributed by atoms with van der Waals surface area (Å²) in [7, 11) is 0. The Hall–Kier alpha value is -0.620. The van der Waals surface area contributed by atoms with Crippen molar-refractivity contribution in [3.8, 4) is 0 Å². The van der Waals surface area contributed by atoms with Crippen molar-refractivity contribution < 1.29 is 4.79 Å². The molecular weight excluding hydrogens is 150 g/mol. The standard InChI is InChI=1S/C10H18NO/c1-2-3-4-5-6-7-8-9-11-10-12/h1-9H2. The van der Waals surface area contributed by atoms with Crippen LogP contribution in [-0.4, -0.2) is 12.6 Å². The molecule has 0 rings (SSSR count). The maximum Gasteiger partial charge on any atom is 0.234 e. The first-order valence-corrected chi connectivity index (χ1v) is 4.74. The summed E-state index contributed by atoms with van der Waals surface area (Å²) in [6.07, 6.45) is 9.89. The van der Waals surface area contributed by atoms with Crippen LogP contribution in [0.4, 0.5) is 0 Å². The normalized spacial score (nSPS) is 9.42. The highest BCUT2D eigenvalue weighted by Crippen LogP contribution is 2.06. The van der Waals surface area contributed by atoms with E-state index in [2.05, 4.69) is 11.9 Å². The maximum atomic E-state index is 9.68. The molecule has 0 N–H and O–H groups in total. The molecule has 69 valence electrons. The van der Waals surface area contributed by atoms with Crippen molar-refractivity contribution in [3.63, 3.8) is 0 Å². The fourth-order valence-corrected chi connectivity index (χ4v) is 1.12. The van der Waals surface area contributed by atoms with Crippen molar-refractivity contribution in [2.24, 2.45) is 4.99 Å². The van der Waals surface area contributed by atoms with Gasteiger partial charge in [0.1, 0.15) is 0 Å². The summed E-state index contributed by atoms with van der Waals surface area (Å²) in [5.41, 5.74) is 0. The van der Waals surface area contributed by atoms with Crippen LogP contribution in [-0.2, 0) is 4.79 Å². The quantitative estimate of drug-likeness (QED) is 0.311. The molecule has 1 radical (unpaired) electrons. The van der Waals surface area contributed by atoms with Crippen LogP contribution in [0.1, 0.15) is 44.9 Å². The molecule has 0 aromatic rings. The van der Waals surface area contributed by atoms with Crippen LogP contribution in [0.5, 0.6) is 0 Å². The van der Waals surface area contributed by atoms with E-state index in [1.165, 1.54) is 32.1 Å². The van der Waals surface area contributed by atoms with Gasteiger partial charge in [-0.3, -0.25) is 0 Å². The first kappa shape index (κ1) is 11.4. The van der Waals surface area contributed by atoms with Crippen LogP contribution < -0.4 is 0 Å². The highest BCUT2D eigenvalue weighted by molar-refractivity contribution is 5.32. The zero-order chi connectivity index (χ0) is 9.07. The van der Waals surface area contributed by atoms with E-state index in [1.807, 2.05) is 0 Å². The van der Waals surface area contributed by atoms with E-state index in [0.717, 1.165) is 12.8 Å². The molecule has 0 saturated heterocycles. The minimum Gasteiger partial charge on any atom is -0.211 e. The summed E-state index contributed by atoms with van der Waals surface area (Å²) in [5.74, 6) is 0. The monoisotopic (exact) mass is 168 g/mol. The molecule has 12 heavy (non-hydrogen) atoms. The third-order valence-electron chi connectivity index (χ3n) is 1.83. The number of isocyanates is 1. The Morgan fingerprint density at radius 3 is 2.17 bits per heavy atom. The van der Waals surface area contributed by atoms with Crippen LogP contribution in [0.3, 0.4) is 0 Å². The second kappa shape index (κ2) is 10.4. The third-order valence-corrected chi connectivity index (χ3v) is 1.83. The Morgan fingerprint density at radius 1 is 1.00 bits per heavy atom. The lowest BCUT2D eigenvalue weighted by Gasteiger charge is -1.97. The van der Waals surface area contributed by atoms with Crippen molar-refractivity contribution in [2.45, 2.75) is 44.9 Å². The van der Waals surface area contributed by atoms with E-state index < -0.39 is 0 Å². The largest absolute Gasteiger partial charge is 0.234 e. The highest BCUT2D eigenvalue weighted by Gasteiger charge is 1.89. The molecule has 0 aliphatic heterocycles.